The highest BCUT2D eigenvalue weighted by molar-refractivity contribution is 5.23. The van der Waals surface area contributed by atoms with Crippen LogP contribution in [0.5, 0.6) is 0 Å². The number of rotatable bonds is 6. The van der Waals surface area contributed by atoms with Gasteiger partial charge >= 0.3 is 0 Å². The van der Waals surface area contributed by atoms with Gasteiger partial charge in [-0.05, 0) is 36.5 Å². The van der Waals surface area contributed by atoms with Crippen LogP contribution in [0.3, 0.4) is 0 Å². The third-order valence-corrected chi connectivity index (χ3v) is 3.73. The molecule has 0 fully saturated rings. The van der Waals surface area contributed by atoms with Gasteiger partial charge in [0.15, 0.2) is 0 Å². The molecule has 1 unspecified atom stereocenters. The quantitative estimate of drug-likeness (QED) is 0.785. The fourth-order valence-electron chi connectivity index (χ4n) is 2.30. The summed E-state index contributed by atoms with van der Waals surface area (Å²) in [4.78, 5) is 0. The van der Waals surface area contributed by atoms with Crippen LogP contribution in [0.1, 0.15) is 52.0 Å². The molecule has 0 bridgehead atoms. The van der Waals surface area contributed by atoms with E-state index in [0.29, 0.717) is 24.3 Å². The number of hydrogen-bond acceptors (Lipinski definition) is 1. The summed E-state index contributed by atoms with van der Waals surface area (Å²) in [5.41, 5.74) is -0.189. The van der Waals surface area contributed by atoms with Gasteiger partial charge in [-0.1, -0.05) is 45.7 Å². The fourth-order valence-corrected chi connectivity index (χ4v) is 2.30. The van der Waals surface area contributed by atoms with Crippen molar-refractivity contribution >= 4 is 0 Å². The maximum atomic E-state index is 13.2. The summed E-state index contributed by atoms with van der Waals surface area (Å²) in [7, 11) is 0. The Hall–Kier alpha value is -0.890. The molecule has 1 nitrogen and oxygen atoms in total. The zero-order valence-electron chi connectivity index (χ0n) is 11.0. The molecule has 1 atom stereocenters. The lowest BCUT2D eigenvalue weighted by Gasteiger charge is -2.31. The van der Waals surface area contributed by atoms with E-state index in [4.69, 9.17) is 0 Å². The van der Waals surface area contributed by atoms with E-state index in [-0.39, 0.29) is 5.82 Å². The van der Waals surface area contributed by atoms with Gasteiger partial charge in [-0.25, -0.2) is 4.39 Å². The van der Waals surface area contributed by atoms with E-state index >= 15 is 0 Å². The average Bonchev–Trinajstić information content (AvgIpc) is 2.35. The van der Waals surface area contributed by atoms with Gasteiger partial charge in [0.2, 0.25) is 0 Å². The molecule has 0 spiro atoms. The predicted molar refractivity (Wildman–Crippen MR) is 69.3 cm³/mol. The smallest absolute Gasteiger partial charge is 0.123 e. The summed E-state index contributed by atoms with van der Waals surface area (Å²) >= 11 is 0. The van der Waals surface area contributed by atoms with Crippen molar-refractivity contribution in [3.8, 4) is 0 Å². The van der Waals surface area contributed by atoms with Gasteiger partial charge in [-0.3, -0.25) is 0 Å². The fraction of sp³-hybridized carbons (Fsp3) is 0.600. The van der Waals surface area contributed by atoms with Crippen LogP contribution in [0.25, 0.3) is 0 Å². The van der Waals surface area contributed by atoms with E-state index in [1.54, 1.807) is 6.07 Å². The van der Waals surface area contributed by atoms with Gasteiger partial charge in [-0.2, -0.15) is 0 Å². The number of halogens is 1. The summed E-state index contributed by atoms with van der Waals surface area (Å²) in [6.07, 6.45) is 3.43. The van der Waals surface area contributed by atoms with E-state index < -0.39 is 5.60 Å². The third kappa shape index (κ3) is 3.53. The van der Waals surface area contributed by atoms with Crippen molar-refractivity contribution in [1.82, 2.24) is 0 Å². The Labute approximate surface area is 104 Å². The first-order valence-corrected chi connectivity index (χ1v) is 6.54. The number of benzene rings is 1. The van der Waals surface area contributed by atoms with Crippen LogP contribution in [-0.2, 0) is 5.60 Å². The first kappa shape index (κ1) is 14.2. The molecule has 0 aliphatic rings. The molecule has 1 N–H and O–H groups in total. The van der Waals surface area contributed by atoms with E-state index in [1.165, 1.54) is 12.1 Å². The molecule has 2 heteroatoms. The molecule has 0 aliphatic carbocycles. The van der Waals surface area contributed by atoms with Crippen molar-refractivity contribution in [2.75, 3.05) is 0 Å². The lowest BCUT2D eigenvalue weighted by Crippen LogP contribution is -2.28. The van der Waals surface area contributed by atoms with Crippen molar-refractivity contribution in [2.24, 2.45) is 5.92 Å². The van der Waals surface area contributed by atoms with Crippen molar-refractivity contribution in [1.29, 1.82) is 0 Å². The molecule has 1 aromatic carbocycles. The maximum absolute atomic E-state index is 13.2. The van der Waals surface area contributed by atoms with Crippen LogP contribution < -0.4 is 0 Å². The van der Waals surface area contributed by atoms with Crippen molar-refractivity contribution < 1.29 is 9.50 Å². The second-order valence-electron chi connectivity index (χ2n) is 4.78. The van der Waals surface area contributed by atoms with E-state index in [0.717, 1.165) is 12.8 Å². The summed E-state index contributed by atoms with van der Waals surface area (Å²) < 4.78 is 13.2. The predicted octanol–water partition coefficient (Wildman–Crippen LogP) is 4.25. The topological polar surface area (TPSA) is 20.2 Å². The summed E-state index contributed by atoms with van der Waals surface area (Å²) in [6.45, 7) is 6.22. The van der Waals surface area contributed by atoms with E-state index in [9.17, 15) is 9.50 Å². The summed E-state index contributed by atoms with van der Waals surface area (Å²) in [5, 5.41) is 10.7. The number of aliphatic hydroxyl groups is 1. The van der Waals surface area contributed by atoms with Crippen LogP contribution in [0.4, 0.5) is 4.39 Å². The summed E-state index contributed by atoms with van der Waals surface area (Å²) in [6, 6.07) is 6.34. The number of hydrogen-bond donors (Lipinski definition) is 1. The average molecular weight is 238 g/mol. The Kier molecular flexibility index (Phi) is 5.13. The summed E-state index contributed by atoms with van der Waals surface area (Å²) in [5.74, 6) is 0.210. The van der Waals surface area contributed by atoms with Crippen LogP contribution >= 0.6 is 0 Å². The Morgan fingerprint density at radius 3 is 2.35 bits per heavy atom. The van der Waals surface area contributed by atoms with Crippen LogP contribution in [-0.4, -0.2) is 5.11 Å². The molecular formula is C15H23FO. The Balaban J connectivity index is 2.94. The highest BCUT2D eigenvalue weighted by atomic mass is 19.1. The molecule has 1 aromatic rings. The van der Waals surface area contributed by atoms with Crippen molar-refractivity contribution in [2.45, 2.75) is 52.1 Å². The minimum absolute atomic E-state index is 0.279. The molecule has 17 heavy (non-hydrogen) atoms. The standard InChI is InChI=1S/C15H23FO/c1-4-12(5-2)11-15(17,6-3)13-8-7-9-14(16)10-13/h7-10,12,17H,4-6,11H2,1-3H3. The molecule has 1 rings (SSSR count). The van der Waals surface area contributed by atoms with Gasteiger partial charge in [-0.15, -0.1) is 0 Å². The van der Waals surface area contributed by atoms with Gasteiger partial charge in [0.1, 0.15) is 5.82 Å². The molecular weight excluding hydrogens is 215 g/mol. The molecule has 0 aliphatic heterocycles. The minimum Gasteiger partial charge on any atom is -0.385 e. The van der Waals surface area contributed by atoms with Crippen LogP contribution in [0.2, 0.25) is 0 Å². The lowest BCUT2D eigenvalue weighted by molar-refractivity contribution is 0.00544. The second kappa shape index (κ2) is 6.15. The molecule has 0 saturated heterocycles. The van der Waals surface area contributed by atoms with Gasteiger partial charge in [0.05, 0.1) is 5.60 Å². The zero-order chi connectivity index (χ0) is 12.9. The molecule has 0 radical (unpaired) electrons. The van der Waals surface area contributed by atoms with Crippen molar-refractivity contribution in [3.63, 3.8) is 0 Å². The maximum Gasteiger partial charge on any atom is 0.123 e. The first-order valence-electron chi connectivity index (χ1n) is 6.54. The van der Waals surface area contributed by atoms with Gasteiger partial charge in [0.25, 0.3) is 0 Å². The van der Waals surface area contributed by atoms with Crippen LogP contribution in [0, 0.1) is 11.7 Å². The monoisotopic (exact) mass is 238 g/mol. The highest BCUT2D eigenvalue weighted by Crippen LogP contribution is 2.34. The van der Waals surface area contributed by atoms with E-state index in [2.05, 4.69) is 13.8 Å². The molecule has 96 valence electrons. The van der Waals surface area contributed by atoms with E-state index in [1.807, 2.05) is 13.0 Å². The lowest BCUT2D eigenvalue weighted by atomic mass is 9.81. The second-order valence-corrected chi connectivity index (χ2v) is 4.78. The van der Waals surface area contributed by atoms with Gasteiger partial charge in [0, 0.05) is 0 Å². The molecule has 0 saturated carbocycles. The first-order chi connectivity index (χ1) is 8.05. The van der Waals surface area contributed by atoms with Gasteiger partial charge < -0.3 is 5.11 Å². The molecule has 0 heterocycles. The Bertz CT molecular complexity index is 347. The Morgan fingerprint density at radius 1 is 1.24 bits per heavy atom. The Morgan fingerprint density at radius 2 is 1.88 bits per heavy atom. The highest BCUT2D eigenvalue weighted by Gasteiger charge is 2.29. The molecule has 0 aromatic heterocycles. The SMILES string of the molecule is CCC(CC)CC(O)(CC)c1cccc(F)c1. The minimum atomic E-state index is -0.890. The van der Waals surface area contributed by atoms with Crippen molar-refractivity contribution in [3.05, 3.63) is 35.6 Å². The van der Waals surface area contributed by atoms with Crippen LogP contribution in [0.15, 0.2) is 24.3 Å². The molecule has 0 amide bonds. The third-order valence-electron chi connectivity index (χ3n) is 3.73. The zero-order valence-corrected chi connectivity index (χ0v) is 11.0. The largest absolute Gasteiger partial charge is 0.385 e. The normalized spacial score (nSPS) is 14.9.